The predicted molar refractivity (Wildman–Crippen MR) is 67.6 cm³/mol. The van der Waals surface area contributed by atoms with E-state index in [0.717, 1.165) is 4.90 Å². The summed E-state index contributed by atoms with van der Waals surface area (Å²) in [6.45, 7) is 2.05. The molecule has 0 atom stereocenters. The summed E-state index contributed by atoms with van der Waals surface area (Å²) in [4.78, 5) is 36.1. The van der Waals surface area contributed by atoms with E-state index < -0.39 is 5.97 Å². The first-order valence-electron chi connectivity index (χ1n) is 5.93. The van der Waals surface area contributed by atoms with E-state index in [1.165, 1.54) is 12.2 Å². The second-order valence-corrected chi connectivity index (χ2v) is 3.92. The monoisotopic (exact) mass is 259 g/mol. The second-order valence-electron chi connectivity index (χ2n) is 3.92. The van der Waals surface area contributed by atoms with Crippen LogP contribution in [-0.2, 0) is 9.53 Å². The number of ether oxygens (including phenoxy) is 1. The minimum Gasteiger partial charge on any atom is -0.463 e. The van der Waals surface area contributed by atoms with Crippen LogP contribution in [0, 0.1) is 0 Å². The van der Waals surface area contributed by atoms with E-state index in [1.54, 1.807) is 31.2 Å². The number of hydrogen-bond donors (Lipinski definition) is 0. The molecule has 0 fully saturated rings. The molecule has 98 valence electrons. The summed E-state index contributed by atoms with van der Waals surface area (Å²) < 4.78 is 4.71. The van der Waals surface area contributed by atoms with Gasteiger partial charge >= 0.3 is 5.97 Å². The summed E-state index contributed by atoms with van der Waals surface area (Å²) in [5.41, 5.74) is 0.800. The Bertz CT molecular complexity index is 527. The van der Waals surface area contributed by atoms with Crippen LogP contribution >= 0.6 is 0 Å². The van der Waals surface area contributed by atoms with Crippen LogP contribution in [0.15, 0.2) is 36.4 Å². The normalized spacial score (nSPS) is 14.1. The van der Waals surface area contributed by atoms with Gasteiger partial charge in [0.1, 0.15) is 0 Å². The number of amides is 2. The predicted octanol–water partition coefficient (Wildman–Crippen LogP) is 1.40. The van der Waals surface area contributed by atoms with Crippen molar-refractivity contribution in [2.75, 3.05) is 13.2 Å². The zero-order chi connectivity index (χ0) is 13.8. The van der Waals surface area contributed by atoms with E-state index >= 15 is 0 Å². The van der Waals surface area contributed by atoms with Crippen LogP contribution < -0.4 is 0 Å². The highest BCUT2D eigenvalue weighted by molar-refractivity contribution is 6.21. The highest BCUT2D eigenvalue weighted by atomic mass is 16.5. The summed E-state index contributed by atoms with van der Waals surface area (Å²) in [6.07, 6.45) is 2.66. The van der Waals surface area contributed by atoms with Crippen LogP contribution in [0.1, 0.15) is 27.6 Å². The molecule has 2 amide bonds. The van der Waals surface area contributed by atoms with Crippen molar-refractivity contribution in [1.29, 1.82) is 0 Å². The van der Waals surface area contributed by atoms with Gasteiger partial charge < -0.3 is 4.74 Å². The van der Waals surface area contributed by atoms with Gasteiger partial charge in [-0.1, -0.05) is 18.2 Å². The lowest BCUT2D eigenvalue weighted by atomic mass is 10.1. The number of esters is 1. The van der Waals surface area contributed by atoms with E-state index in [4.69, 9.17) is 4.74 Å². The van der Waals surface area contributed by atoms with E-state index in [1.807, 2.05) is 0 Å². The van der Waals surface area contributed by atoms with Crippen molar-refractivity contribution < 1.29 is 19.1 Å². The van der Waals surface area contributed by atoms with Crippen LogP contribution in [-0.4, -0.2) is 35.8 Å². The number of benzene rings is 1. The average molecular weight is 259 g/mol. The molecule has 0 saturated carbocycles. The standard InChI is InChI=1S/C14H13NO4/c1-2-19-12(16)8-5-9-15-13(17)10-6-3-4-7-11(10)14(15)18/h3-8H,2,9H2,1H3/b8-5-. The second kappa shape index (κ2) is 5.48. The fourth-order valence-electron chi connectivity index (χ4n) is 1.85. The third-order valence-corrected chi connectivity index (χ3v) is 2.71. The first kappa shape index (κ1) is 13.0. The number of fused-ring (bicyclic) bond motifs is 1. The van der Waals surface area contributed by atoms with Gasteiger partial charge in [0.2, 0.25) is 0 Å². The van der Waals surface area contributed by atoms with E-state index in [0.29, 0.717) is 11.1 Å². The Kier molecular flexibility index (Phi) is 3.75. The molecule has 1 aromatic rings. The van der Waals surface area contributed by atoms with Crippen molar-refractivity contribution in [3.63, 3.8) is 0 Å². The molecule has 0 bridgehead atoms. The molecule has 0 spiro atoms. The molecule has 1 aliphatic heterocycles. The van der Waals surface area contributed by atoms with Crippen molar-refractivity contribution >= 4 is 17.8 Å². The summed E-state index contributed by atoms with van der Waals surface area (Å²) in [7, 11) is 0. The SMILES string of the molecule is CCOC(=O)/C=C\CN1C(=O)c2ccccc2C1=O. The zero-order valence-electron chi connectivity index (χ0n) is 10.5. The maximum absolute atomic E-state index is 12.0. The van der Waals surface area contributed by atoms with Gasteiger partial charge in [-0.25, -0.2) is 4.79 Å². The number of carbonyl (C=O) groups is 3. The van der Waals surface area contributed by atoms with Crippen LogP contribution in [0.5, 0.6) is 0 Å². The molecule has 0 radical (unpaired) electrons. The molecule has 1 heterocycles. The summed E-state index contributed by atoms with van der Waals surface area (Å²) in [6, 6.07) is 6.65. The van der Waals surface area contributed by atoms with Crippen molar-refractivity contribution in [2.24, 2.45) is 0 Å². The third-order valence-electron chi connectivity index (χ3n) is 2.71. The third kappa shape index (κ3) is 2.54. The average Bonchev–Trinajstić information content (AvgIpc) is 2.65. The van der Waals surface area contributed by atoms with E-state index in [9.17, 15) is 14.4 Å². The lowest BCUT2D eigenvalue weighted by Gasteiger charge is -2.10. The topological polar surface area (TPSA) is 63.7 Å². The Labute approximate surface area is 110 Å². The van der Waals surface area contributed by atoms with Crippen LogP contribution in [0.25, 0.3) is 0 Å². The van der Waals surface area contributed by atoms with Gasteiger partial charge in [0.05, 0.1) is 17.7 Å². The Morgan fingerprint density at radius 2 is 1.79 bits per heavy atom. The Morgan fingerprint density at radius 1 is 1.21 bits per heavy atom. The van der Waals surface area contributed by atoms with Crippen molar-refractivity contribution in [3.8, 4) is 0 Å². The molecule has 5 nitrogen and oxygen atoms in total. The molecule has 0 aromatic heterocycles. The fourth-order valence-corrected chi connectivity index (χ4v) is 1.85. The Hall–Kier alpha value is -2.43. The first-order chi connectivity index (χ1) is 9.15. The van der Waals surface area contributed by atoms with Gasteiger partial charge in [-0.05, 0) is 19.1 Å². The fraction of sp³-hybridized carbons (Fsp3) is 0.214. The molecular formula is C14H13NO4. The lowest BCUT2D eigenvalue weighted by Crippen LogP contribution is -2.29. The molecular weight excluding hydrogens is 246 g/mol. The highest BCUT2D eigenvalue weighted by Crippen LogP contribution is 2.21. The molecule has 2 rings (SSSR count). The maximum Gasteiger partial charge on any atom is 0.330 e. The van der Waals surface area contributed by atoms with Gasteiger partial charge in [-0.15, -0.1) is 0 Å². The maximum atomic E-state index is 12.0. The lowest BCUT2D eigenvalue weighted by molar-refractivity contribution is -0.137. The molecule has 1 aromatic carbocycles. The molecule has 1 aliphatic rings. The van der Waals surface area contributed by atoms with Crippen molar-refractivity contribution in [2.45, 2.75) is 6.92 Å². The highest BCUT2D eigenvalue weighted by Gasteiger charge is 2.34. The quantitative estimate of drug-likeness (QED) is 0.466. The van der Waals surface area contributed by atoms with Gasteiger partial charge in [0, 0.05) is 12.6 Å². The minimum atomic E-state index is -0.487. The van der Waals surface area contributed by atoms with Gasteiger partial charge in [-0.3, -0.25) is 14.5 Å². The number of hydrogen-bond acceptors (Lipinski definition) is 4. The molecule has 0 unspecified atom stereocenters. The summed E-state index contributed by atoms with van der Waals surface area (Å²) in [5.74, 6) is -1.16. The van der Waals surface area contributed by atoms with Crippen LogP contribution in [0.4, 0.5) is 0 Å². The van der Waals surface area contributed by atoms with E-state index in [2.05, 4.69) is 0 Å². The molecule has 0 saturated heterocycles. The summed E-state index contributed by atoms with van der Waals surface area (Å²) in [5, 5.41) is 0. The Morgan fingerprint density at radius 3 is 2.32 bits per heavy atom. The van der Waals surface area contributed by atoms with Crippen LogP contribution in [0.2, 0.25) is 0 Å². The van der Waals surface area contributed by atoms with Crippen molar-refractivity contribution in [1.82, 2.24) is 4.90 Å². The number of carbonyl (C=O) groups excluding carboxylic acids is 3. The smallest absolute Gasteiger partial charge is 0.330 e. The molecule has 0 N–H and O–H groups in total. The molecule has 5 heteroatoms. The molecule has 0 aliphatic carbocycles. The number of rotatable bonds is 4. The molecule has 19 heavy (non-hydrogen) atoms. The van der Waals surface area contributed by atoms with E-state index in [-0.39, 0.29) is 25.0 Å². The summed E-state index contributed by atoms with van der Waals surface area (Å²) >= 11 is 0. The van der Waals surface area contributed by atoms with Gasteiger partial charge in [-0.2, -0.15) is 0 Å². The number of nitrogens with zero attached hydrogens (tertiary/aromatic N) is 1. The minimum absolute atomic E-state index is 0.0607. The zero-order valence-corrected chi connectivity index (χ0v) is 10.5. The van der Waals surface area contributed by atoms with Crippen LogP contribution in [0.3, 0.4) is 0 Å². The Balaban J connectivity index is 2.07. The number of imide groups is 1. The largest absolute Gasteiger partial charge is 0.463 e. The first-order valence-corrected chi connectivity index (χ1v) is 5.93. The van der Waals surface area contributed by atoms with Gasteiger partial charge in [0.25, 0.3) is 11.8 Å². The van der Waals surface area contributed by atoms with Gasteiger partial charge in [0.15, 0.2) is 0 Å². The van der Waals surface area contributed by atoms with Crippen molar-refractivity contribution in [3.05, 3.63) is 47.5 Å².